The van der Waals surface area contributed by atoms with Crippen molar-refractivity contribution in [2.24, 2.45) is 0 Å². The maximum atomic E-state index is 12.3. The van der Waals surface area contributed by atoms with Crippen LogP contribution in [0, 0.1) is 0 Å². The van der Waals surface area contributed by atoms with Crippen molar-refractivity contribution in [1.82, 2.24) is 4.90 Å². The minimum atomic E-state index is -1.08. The van der Waals surface area contributed by atoms with E-state index in [1.807, 2.05) is 36.4 Å². The standard InChI is InChI=1S/C20H17NO4/c1-12-10-21(18(12)19(22)23)20(24)25-11-17-15-8-4-2-6-13(15)14-7-3-5-9-16(14)17/h2-9,17-18H,1,10-11H2,(H,22,23). The van der Waals surface area contributed by atoms with Gasteiger partial charge in [-0.2, -0.15) is 0 Å². The number of carboxylic acids is 1. The number of nitrogens with zero attached hydrogens (tertiary/aromatic N) is 1. The number of carboxylic acid groups (broad SMARTS) is 1. The zero-order valence-electron chi connectivity index (χ0n) is 13.5. The summed E-state index contributed by atoms with van der Waals surface area (Å²) >= 11 is 0. The van der Waals surface area contributed by atoms with E-state index in [9.17, 15) is 9.59 Å². The summed E-state index contributed by atoms with van der Waals surface area (Å²) in [7, 11) is 0. The van der Waals surface area contributed by atoms with Gasteiger partial charge >= 0.3 is 12.1 Å². The van der Waals surface area contributed by atoms with Gasteiger partial charge < -0.3 is 9.84 Å². The van der Waals surface area contributed by atoms with Crippen LogP contribution in [0.2, 0.25) is 0 Å². The molecule has 1 unspecified atom stereocenters. The van der Waals surface area contributed by atoms with Gasteiger partial charge in [0.2, 0.25) is 0 Å². The molecular weight excluding hydrogens is 318 g/mol. The van der Waals surface area contributed by atoms with E-state index in [0.717, 1.165) is 22.3 Å². The fourth-order valence-corrected chi connectivity index (χ4v) is 3.66. The predicted octanol–water partition coefficient (Wildman–Crippen LogP) is 3.26. The van der Waals surface area contributed by atoms with Gasteiger partial charge in [-0.1, -0.05) is 55.1 Å². The topological polar surface area (TPSA) is 66.8 Å². The van der Waals surface area contributed by atoms with Gasteiger partial charge in [0, 0.05) is 12.5 Å². The van der Waals surface area contributed by atoms with Crippen LogP contribution < -0.4 is 0 Å². The number of hydrogen-bond donors (Lipinski definition) is 1. The minimum absolute atomic E-state index is 0.0379. The second-order valence-corrected chi connectivity index (χ2v) is 6.33. The van der Waals surface area contributed by atoms with Crippen LogP contribution in [0.4, 0.5) is 4.79 Å². The second kappa shape index (κ2) is 5.77. The quantitative estimate of drug-likeness (QED) is 0.874. The molecule has 0 radical (unpaired) electrons. The lowest BCUT2D eigenvalue weighted by atomic mass is 9.97. The lowest BCUT2D eigenvalue weighted by Gasteiger charge is -2.39. The van der Waals surface area contributed by atoms with Crippen LogP contribution in [-0.2, 0) is 9.53 Å². The van der Waals surface area contributed by atoms with Gasteiger partial charge in [-0.15, -0.1) is 0 Å². The third kappa shape index (κ3) is 2.39. The van der Waals surface area contributed by atoms with Crippen LogP contribution in [0.1, 0.15) is 17.0 Å². The highest BCUT2D eigenvalue weighted by atomic mass is 16.6. The van der Waals surface area contributed by atoms with Crippen molar-refractivity contribution in [2.75, 3.05) is 13.2 Å². The molecule has 0 spiro atoms. The molecule has 2 aliphatic rings. The molecule has 2 aromatic rings. The average molecular weight is 335 g/mol. The lowest BCUT2D eigenvalue weighted by molar-refractivity contribution is -0.143. The summed E-state index contributed by atoms with van der Waals surface area (Å²) in [6.07, 6.45) is -0.610. The maximum Gasteiger partial charge on any atom is 0.411 e. The SMILES string of the molecule is C=C1CN(C(=O)OCC2c3ccccc3-c3ccccc32)C1C(=O)O. The first-order valence-electron chi connectivity index (χ1n) is 8.10. The predicted molar refractivity (Wildman–Crippen MR) is 92.3 cm³/mol. The summed E-state index contributed by atoms with van der Waals surface area (Å²) in [4.78, 5) is 24.6. The van der Waals surface area contributed by atoms with Crippen LogP contribution in [0.15, 0.2) is 60.7 Å². The number of likely N-dealkylation sites (tertiary alicyclic amines) is 1. The highest BCUT2D eigenvalue weighted by molar-refractivity contribution is 5.86. The third-order valence-electron chi connectivity index (χ3n) is 4.88. The Morgan fingerprint density at radius 3 is 2.16 bits per heavy atom. The summed E-state index contributed by atoms with van der Waals surface area (Å²) < 4.78 is 5.45. The number of rotatable bonds is 3. The summed E-state index contributed by atoms with van der Waals surface area (Å²) in [5.41, 5.74) is 5.07. The Kier molecular flexibility index (Phi) is 3.57. The highest BCUT2D eigenvalue weighted by Crippen LogP contribution is 2.44. The fraction of sp³-hybridized carbons (Fsp3) is 0.200. The van der Waals surface area contributed by atoms with E-state index in [-0.39, 0.29) is 19.1 Å². The number of carbonyl (C=O) groups is 2. The first-order valence-corrected chi connectivity index (χ1v) is 8.10. The van der Waals surface area contributed by atoms with Gasteiger partial charge in [-0.3, -0.25) is 4.90 Å². The van der Waals surface area contributed by atoms with E-state index in [1.165, 1.54) is 4.90 Å². The van der Waals surface area contributed by atoms with Gasteiger partial charge in [-0.05, 0) is 27.8 Å². The number of aliphatic carboxylic acids is 1. The van der Waals surface area contributed by atoms with Gasteiger partial charge in [0.15, 0.2) is 6.04 Å². The van der Waals surface area contributed by atoms with E-state index < -0.39 is 18.1 Å². The number of benzene rings is 2. The zero-order chi connectivity index (χ0) is 17.6. The number of amides is 1. The molecular formula is C20H17NO4. The number of ether oxygens (including phenoxy) is 1. The molecule has 0 saturated carbocycles. The van der Waals surface area contributed by atoms with Gasteiger partial charge in [0.05, 0.1) is 0 Å². The van der Waals surface area contributed by atoms with Gasteiger partial charge in [0.25, 0.3) is 0 Å². The molecule has 1 fully saturated rings. The van der Waals surface area contributed by atoms with Crippen LogP contribution in [0.5, 0.6) is 0 Å². The lowest BCUT2D eigenvalue weighted by Crippen LogP contribution is -2.57. The molecule has 0 bridgehead atoms. The van der Waals surface area contributed by atoms with Crippen LogP contribution in [0.3, 0.4) is 0 Å². The Balaban J connectivity index is 1.53. The van der Waals surface area contributed by atoms with E-state index in [0.29, 0.717) is 5.57 Å². The summed E-state index contributed by atoms with van der Waals surface area (Å²) in [6, 6.07) is 15.2. The van der Waals surface area contributed by atoms with E-state index in [4.69, 9.17) is 9.84 Å². The molecule has 1 heterocycles. The summed E-state index contributed by atoms with van der Waals surface area (Å²) in [5.74, 6) is -1.12. The maximum absolute atomic E-state index is 12.3. The molecule has 5 nitrogen and oxygen atoms in total. The second-order valence-electron chi connectivity index (χ2n) is 6.33. The molecule has 5 heteroatoms. The van der Waals surface area contributed by atoms with Crippen molar-refractivity contribution < 1.29 is 19.4 Å². The molecule has 1 aliphatic carbocycles. The minimum Gasteiger partial charge on any atom is -0.479 e. The van der Waals surface area contributed by atoms with E-state index in [1.54, 1.807) is 0 Å². The van der Waals surface area contributed by atoms with Gasteiger partial charge in [0.1, 0.15) is 6.61 Å². The molecule has 1 atom stereocenters. The fourth-order valence-electron chi connectivity index (χ4n) is 3.66. The number of hydrogen-bond acceptors (Lipinski definition) is 3. The molecule has 1 N–H and O–H groups in total. The summed E-state index contributed by atoms with van der Waals surface area (Å²) in [6.45, 7) is 4.08. The number of fused-ring (bicyclic) bond motifs is 3. The molecule has 25 heavy (non-hydrogen) atoms. The molecule has 1 saturated heterocycles. The molecule has 1 aliphatic heterocycles. The normalized spacial score (nSPS) is 18.3. The molecule has 126 valence electrons. The van der Waals surface area contributed by atoms with Crippen molar-refractivity contribution >= 4 is 12.1 Å². The van der Waals surface area contributed by atoms with Crippen molar-refractivity contribution in [1.29, 1.82) is 0 Å². The molecule has 0 aromatic heterocycles. The van der Waals surface area contributed by atoms with Crippen LogP contribution >= 0.6 is 0 Å². The Bertz CT molecular complexity index is 835. The van der Waals surface area contributed by atoms with Crippen molar-refractivity contribution in [3.05, 3.63) is 71.8 Å². The van der Waals surface area contributed by atoms with Crippen molar-refractivity contribution in [2.45, 2.75) is 12.0 Å². The molecule has 2 aromatic carbocycles. The van der Waals surface area contributed by atoms with Crippen LogP contribution in [0.25, 0.3) is 11.1 Å². The molecule has 1 amide bonds. The highest BCUT2D eigenvalue weighted by Gasteiger charge is 2.42. The largest absolute Gasteiger partial charge is 0.479 e. The molecule has 4 rings (SSSR count). The smallest absolute Gasteiger partial charge is 0.411 e. The zero-order valence-corrected chi connectivity index (χ0v) is 13.5. The monoisotopic (exact) mass is 335 g/mol. The first kappa shape index (κ1) is 15.4. The van der Waals surface area contributed by atoms with Crippen LogP contribution in [-0.4, -0.2) is 41.3 Å². The van der Waals surface area contributed by atoms with Crippen molar-refractivity contribution in [3.8, 4) is 11.1 Å². The van der Waals surface area contributed by atoms with Gasteiger partial charge in [-0.25, -0.2) is 9.59 Å². The van der Waals surface area contributed by atoms with E-state index in [2.05, 4.69) is 18.7 Å². The first-order chi connectivity index (χ1) is 12.1. The Morgan fingerprint density at radius 2 is 1.64 bits per heavy atom. The third-order valence-corrected chi connectivity index (χ3v) is 4.88. The summed E-state index contributed by atoms with van der Waals surface area (Å²) in [5, 5.41) is 9.15. The average Bonchev–Trinajstić information content (AvgIpc) is 2.91. The van der Waals surface area contributed by atoms with E-state index >= 15 is 0 Å². The Hall–Kier alpha value is -3.08. The number of carbonyl (C=O) groups excluding carboxylic acids is 1. The Labute approximate surface area is 145 Å². The van der Waals surface area contributed by atoms with Crippen molar-refractivity contribution in [3.63, 3.8) is 0 Å². The Morgan fingerprint density at radius 1 is 1.08 bits per heavy atom.